The van der Waals surface area contributed by atoms with Crippen molar-refractivity contribution in [2.45, 2.75) is 32.4 Å². The fourth-order valence-corrected chi connectivity index (χ4v) is 1.40. The molecule has 14 heavy (non-hydrogen) atoms. The summed E-state index contributed by atoms with van der Waals surface area (Å²) in [4.78, 5) is 0. The SMILES string of the molecule is CC(C)c1ccc(C(F)CCN)cc1. The molecule has 0 fully saturated rings. The molecule has 0 radical (unpaired) electrons. The maximum atomic E-state index is 13.4. The van der Waals surface area contributed by atoms with Gasteiger partial charge < -0.3 is 5.73 Å². The number of hydrogen-bond donors (Lipinski definition) is 1. The van der Waals surface area contributed by atoms with Crippen molar-refractivity contribution in [3.63, 3.8) is 0 Å². The number of rotatable bonds is 4. The van der Waals surface area contributed by atoms with Gasteiger partial charge in [0.15, 0.2) is 0 Å². The standard InChI is InChI=1S/C12H18FN/c1-9(2)10-3-5-11(6-4-10)12(13)7-8-14/h3-6,9,12H,7-8,14H2,1-2H3. The molecule has 2 N–H and O–H groups in total. The molecule has 0 heterocycles. The van der Waals surface area contributed by atoms with Gasteiger partial charge in [0, 0.05) is 0 Å². The molecule has 0 aliphatic rings. The maximum Gasteiger partial charge on any atom is 0.126 e. The van der Waals surface area contributed by atoms with Crippen LogP contribution in [0.25, 0.3) is 0 Å². The van der Waals surface area contributed by atoms with Gasteiger partial charge in [0.25, 0.3) is 0 Å². The Kier molecular flexibility index (Phi) is 4.08. The number of benzene rings is 1. The van der Waals surface area contributed by atoms with Crippen LogP contribution in [0.3, 0.4) is 0 Å². The van der Waals surface area contributed by atoms with Crippen LogP contribution in [-0.2, 0) is 0 Å². The summed E-state index contributed by atoms with van der Waals surface area (Å²) in [6.07, 6.45) is -0.512. The highest BCUT2D eigenvalue weighted by Crippen LogP contribution is 2.22. The van der Waals surface area contributed by atoms with Gasteiger partial charge in [0.05, 0.1) is 0 Å². The molecule has 2 heteroatoms. The number of halogens is 1. The largest absolute Gasteiger partial charge is 0.330 e. The summed E-state index contributed by atoms with van der Waals surface area (Å²) < 4.78 is 13.4. The minimum atomic E-state index is -0.916. The fraction of sp³-hybridized carbons (Fsp3) is 0.500. The molecular formula is C12H18FN. The molecule has 0 aliphatic carbocycles. The highest BCUT2D eigenvalue weighted by Gasteiger charge is 2.08. The number of hydrogen-bond acceptors (Lipinski definition) is 1. The molecule has 0 amide bonds. The van der Waals surface area contributed by atoms with Crippen molar-refractivity contribution < 1.29 is 4.39 Å². The first kappa shape index (κ1) is 11.2. The Balaban J connectivity index is 2.72. The summed E-state index contributed by atoms with van der Waals surface area (Å²) >= 11 is 0. The second kappa shape index (κ2) is 5.11. The van der Waals surface area contributed by atoms with E-state index in [4.69, 9.17) is 5.73 Å². The van der Waals surface area contributed by atoms with E-state index in [-0.39, 0.29) is 0 Å². The normalized spacial score (nSPS) is 13.2. The molecule has 1 rings (SSSR count). The van der Waals surface area contributed by atoms with E-state index in [1.165, 1.54) is 5.56 Å². The fourth-order valence-electron chi connectivity index (χ4n) is 1.40. The molecular weight excluding hydrogens is 177 g/mol. The first-order valence-electron chi connectivity index (χ1n) is 5.09. The number of nitrogens with two attached hydrogens (primary N) is 1. The molecule has 0 spiro atoms. The van der Waals surface area contributed by atoms with Crippen LogP contribution in [0.1, 0.15) is 43.5 Å². The van der Waals surface area contributed by atoms with Crippen LogP contribution in [0.2, 0.25) is 0 Å². The molecule has 1 nitrogen and oxygen atoms in total. The average Bonchev–Trinajstić information content (AvgIpc) is 2.18. The minimum Gasteiger partial charge on any atom is -0.330 e. The summed E-state index contributed by atoms with van der Waals surface area (Å²) in [5.41, 5.74) is 7.29. The van der Waals surface area contributed by atoms with Gasteiger partial charge in [-0.15, -0.1) is 0 Å². The van der Waals surface area contributed by atoms with Gasteiger partial charge in [0.2, 0.25) is 0 Å². The van der Waals surface area contributed by atoms with Crippen molar-refractivity contribution in [3.05, 3.63) is 35.4 Å². The Labute approximate surface area is 85.1 Å². The minimum absolute atomic E-state index is 0.396. The second-order valence-corrected chi connectivity index (χ2v) is 3.87. The third-order valence-corrected chi connectivity index (χ3v) is 2.38. The molecule has 1 atom stereocenters. The third-order valence-electron chi connectivity index (χ3n) is 2.38. The lowest BCUT2D eigenvalue weighted by molar-refractivity contribution is 0.327. The molecule has 0 aromatic heterocycles. The number of alkyl halides is 1. The molecule has 78 valence electrons. The molecule has 1 aromatic carbocycles. The maximum absolute atomic E-state index is 13.4. The van der Waals surface area contributed by atoms with Crippen molar-refractivity contribution in [1.29, 1.82) is 0 Å². The first-order chi connectivity index (χ1) is 6.65. The van der Waals surface area contributed by atoms with Crippen molar-refractivity contribution in [1.82, 2.24) is 0 Å². The Morgan fingerprint density at radius 1 is 1.14 bits per heavy atom. The Hall–Kier alpha value is -0.890. The zero-order valence-corrected chi connectivity index (χ0v) is 8.83. The van der Waals surface area contributed by atoms with E-state index < -0.39 is 6.17 Å². The lowest BCUT2D eigenvalue weighted by atomic mass is 9.99. The predicted octanol–water partition coefficient (Wildman–Crippen LogP) is 3.17. The molecule has 0 bridgehead atoms. The van der Waals surface area contributed by atoms with Gasteiger partial charge >= 0.3 is 0 Å². The Morgan fingerprint density at radius 3 is 2.07 bits per heavy atom. The van der Waals surface area contributed by atoms with Crippen LogP contribution < -0.4 is 5.73 Å². The monoisotopic (exact) mass is 195 g/mol. The van der Waals surface area contributed by atoms with Crippen LogP contribution in [-0.4, -0.2) is 6.54 Å². The van der Waals surface area contributed by atoms with Gasteiger partial charge in [-0.3, -0.25) is 0 Å². The smallest absolute Gasteiger partial charge is 0.126 e. The highest BCUT2D eigenvalue weighted by molar-refractivity contribution is 5.26. The molecule has 0 saturated carbocycles. The first-order valence-corrected chi connectivity index (χ1v) is 5.09. The van der Waals surface area contributed by atoms with Gasteiger partial charge in [0.1, 0.15) is 6.17 Å². The lowest BCUT2D eigenvalue weighted by Crippen LogP contribution is -2.03. The third kappa shape index (κ3) is 2.81. The quantitative estimate of drug-likeness (QED) is 0.784. The lowest BCUT2D eigenvalue weighted by Gasteiger charge is -2.09. The van der Waals surface area contributed by atoms with E-state index in [9.17, 15) is 4.39 Å². The molecule has 1 unspecified atom stereocenters. The van der Waals surface area contributed by atoms with Crippen LogP contribution in [0.5, 0.6) is 0 Å². The highest BCUT2D eigenvalue weighted by atomic mass is 19.1. The molecule has 1 aromatic rings. The Morgan fingerprint density at radius 2 is 1.64 bits per heavy atom. The topological polar surface area (TPSA) is 26.0 Å². The van der Waals surface area contributed by atoms with Crippen LogP contribution in [0.4, 0.5) is 4.39 Å². The van der Waals surface area contributed by atoms with E-state index in [2.05, 4.69) is 13.8 Å². The summed E-state index contributed by atoms with van der Waals surface area (Å²) in [7, 11) is 0. The van der Waals surface area contributed by atoms with Crippen molar-refractivity contribution in [2.24, 2.45) is 5.73 Å². The predicted molar refractivity (Wildman–Crippen MR) is 58.1 cm³/mol. The van der Waals surface area contributed by atoms with Gasteiger partial charge in [-0.25, -0.2) is 4.39 Å². The van der Waals surface area contributed by atoms with Crippen molar-refractivity contribution in [3.8, 4) is 0 Å². The van der Waals surface area contributed by atoms with Gasteiger partial charge in [-0.1, -0.05) is 38.1 Å². The van der Waals surface area contributed by atoms with E-state index in [1.807, 2.05) is 24.3 Å². The van der Waals surface area contributed by atoms with Crippen molar-refractivity contribution in [2.75, 3.05) is 6.54 Å². The van der Waals surface area contributed by atoms with Crippen LogP contribution in [0.15, 0.2) is 24.3 Å². The zero-order valence-electron chi connectivity index (χ0n) is 8.83. The average molecular weight is 195 g/mol. The molecule has 0 aliphatic heterocycles. The van der Waals surface area contributed by atoms with Crippen molar-refractivity contribution >= 4 is 0 Å². The van der Waals surface area contributed by atoms with Gasteiger partial charge in [-0.2, -0.15) is 0 Å². The summed E-state index contributed by atoms with van der Waals surface area (Å²) in [6.45, 7) is 4.65. The molecule has 0 saturated heterocycles. The summed E-state index contributed by atoms with van der Waals surface area (Å²) in [6, 6.07) is 7.69. The second-order valence-electron chi connectivity index (χ2n) is 3.87. The zero-order chi connectivity index (χ0) is 10.6. The van der Waals surface area contributed by atoms with E-state index in [0.717, 1.165) is 5.56 Å². The van der Waals surface area contributed by atoms with E-state index in [0.29, 0.717) is 18.9 Å². The van der Waals surface area contributed by atoms with E-state index >= 15 is 0 Å². The summed E-state index contributed by atoms with van der Waals surface area (Å²) in [5.74, 6) is 0.497. The van der Waals surface area contributed by atoms with Crippen LogP contribution >= 0.6 is 0 Å². The Bertz CT molecular complexity index is 266. The van der Waals surface area contributed by atoms with Crippen LogP contribution in [0, 0.1) is 0 Å². The van der Waals surface area contributed by atoms with E-state index in [1.54, 1.807) is 0 Å². The summed E-state index contributed by atoms with van der Waals surface area (Å²) in [5, 5.41) is 0. The van der Waals surface area contributed by atoms with Gasteiger partial charge in [-0.05, 0) is 30.0 Å².